The van der Waals surface area contributed by atoms with Gasteiger partial charge in [-0.1, -0.05) is 92.2 Å². The van der Waals surface area contributed by atoms with Gasteiger partial charge in [-0.05, 0) is 97.2 Å². The van der Waals surface area contributed by atoms with Crippen molar-refractivity contribution < 1.29 is 4.79 Å². The van der Waals surface area contributed by atoms with Crippen molar-refractivity contribution in [3.8, 4) is 11.1 Å². The predicted molar refractivity (Wildman–Crippen MR) is 164 cm³/mol. The molecule has 0 atom stereocenters. The average molecular weight is 502 g/mol. The summed E-state index contributed by atoms with van der Waals surface area (Å²) in [5, 5.41) is 0. The topological polar surface area (TPSA) is 20.3 Å². The van der Waals surface area contributed by atoms with Crippen molar-refractivity contribution in [3.63, 3.8) is 0 Å². The number of rotatable bonds is 9. The molecule has 0 saturated carbocycles. The van der Waals surface area contributed by atoms with Crippen LogP contribution in [0.2, 0.25) is 0 Å². The maximum atomic E-state index is 11.4. The maximum Gasteiger partial charge on any atom is 0.124 e. The number of para-hydroxylation sites is 2. The lowest BCUT2D eigenvalue weighted by Crippen LogP contribution is -2.15. The van der Waals surface area contributed by atoms with Crippen LogP contribution in [0.3, 0.4) is 0 Å². The Morgan fingerprint density at radius 1 is 0.658 bits per heavy atom. The second-order valence-corrected chi connectivity index (χ2v) is 10.1. The van der Waals surface area contributed by atoms with Gasteiger partial charge in [0.1, 0.15) is 6.29 Å². The summed E-state index contributed by atoms with van der Waals surface area (Å²) in [4.78, 5) is 13.8. The van der Waals surface area contributed by atoms with Crippen molar-refractivity contribution in [1.82, 2.24) is 0 Å². The molecule has 0 aliphatic heterocycles. The molecule has 0 amide bonds. The first-order chi connectivity index (χ1) is 18.4. The van der Waals surface area contributed by atoms with Crippen LogP contribution in [-0.2, 0) is 4.79 Å². The molecule has 4 aromatic rings. The van der Waals surface area contributed by atoms with Crippen molar-refractivity contribution in [2.24, 2.45) is 0 Å². The zero-order chi connectivity index (χ0) is 27.2. The summed E-state index contributed by atoms with van der Waals surface area (Å²) in [5.74, 6) is 0. The molecule has 0 unspecified atom stereocenters. The summed E-state index contributed by atoms with van der Waals surface area (Å²) >= 11 is 0. The molecule has 0 aromatic heterocycles. The van der Waals surface area contributed by atoms with Gasteiger partial charge in [0, 0.05) is 12.1 Å². The smallest absolute Gasteiger partial charge is 0.124 e. The number of benzene rings is 4. The number of nitrogens with zero attached hydrogens (tertiary/aromatic N) is 1. The van der Waals surface area contributed by atoms with Crippen molar-refractivity contribution in [2.75, 3.05) is 4.90 Å². The van der Waals surface area contributed by atoms with E-state index >= 15 is 0 Å². The van der Waals surface area contributed by atoms with E-state index < -0.39 is 0 Å². The van der Waals surface area contributed by atoms with Gasteiger partial charge < -0.3 is 9.69 Å². The molecule has 2 nitrogen and oxygen atoms in total. The zero-order valence-corrected chi connectivity index (χ0v) is 23.6. The Labute approximate surface area is 228 Å². The fourth-order valence-electron chi connectivity index (χ4n) is 5.69. The van der Waals surface area contributed by atoms with Crippen LogP contribution in [0.4, 0.5) is 17.1 Å². The Morgan fingerprint density at radius 2 is 1.18 bits per heavy atom. The van der Waals surface area contributed by atoms with E-state index in [2.05, 4.69) is 131 Å². The molecule has 0 radical (unpaired) electrons. The van der Waals surface area contributed by atoms with Gasteiger partial charge in [0.2, 0.25) is 0 Å². The fourth-order valence-corrected chi connectivity index (χ4v) is 5.69. The third kappa shape index (κ3) is 5.36. The van der Waals surface area contributed by atoms with Gasteiger partial charge in [0.25, 0.3) is 0 Å². The second-order valence-electron chi connectivity index (χ2n) is 10.1. The lowest BCUT2D eigenvalue weighted by molar-refractivity contribution is -0.107. The molecule has 0 fully saturated rings. The minimum atomic E-state index is 0.494. The molecule has 194 valence electrons. The van der Waals surface area contributed by atoms with E-state index in [1.165, 1.54) is 61.5 Å². The molecule has 0 aliphatic carbocycles. The van der Waals surface area contributed by atoms with Gasteiger partial charge >= 0.3 is 0 Å². The lowest BCUT2D eigenvalue weighted by Gasteiger charge is -2.31. The third-order valence-corrected chi connectivity index (χ3v) is 7.55. The van der Waals surface area contributed by atoms with E-state index in [0.29, 0.717) is 6.42 Å². The molecule has 4 aromatic carbocycles. The highest BCUT2D eigenvalue weighted by atomic mass is 16.1. The van der Waals surface area contributed by atoms with Gasteiger partial charge in [-0.15, -0.1) is 0 Å². The molecule has 4 rings (SSSR count). The van der Waals surface area contributed by atoms with Crippen LogP contribution >= 0.6 is 0 Å². The fraction of sp³-hybridized carbons (Fsp3) is 0.250. The average Bonchev–Trinajstić information content (AvgIpc) is 2.92. The van der Waals surface area contributed by atoms with Gasteiger partial charge in [-0.2, -0.15) is 0 Å². The molecular weight excluding hydrogens is 462 g/mol. The Hall–Kier alpha value is -3.91. The first kappa shape index (κ1) is 27.1. The number of carbonyl (C=O) groups excluding carboxylic acids is 1. The molecule has 0 N–H and O–H groups in total. The first-order valence-corrected chi connectivity index (χ1v) is 13.7. The molecule has 0 heterocycles. The predicted octanol–water partition coefficient (Wildman–Crippen LogP) is 10.2. The van der Waals surface area contributed by atoms with Crippen LogP contribution in [0.25, 0.3) is 16.7 Å². The van der Waals surface area contributed by atoms with Crippen molar-refractivity contribution in [1.29, 1.82) is 0 Å². The van der Waals surface area contributed by atoms with Crippen molar-refractivity contribution >= 4 is 28.9 Å². The third-order valence-electron chi connectivity index (χ3n) is 7.55. The SMILES string of the molecule is CC/C(CC=O)=C(/CC)c1ccccc1-c1ccc(N(c2c(C)cccc2C)c2c(C)cccc2C)cc1. The van der Waals surface area contributed by atoms with E-state index in [4.69, 9.17) is 0 Å². The van der Waals surface area contributed by atoms with Gasteiger partial charge in [0.15, 0.2) is 0 Å². The van der Waals surface area contributed by atoms with Crippen LogP contribution in [0, 0.1) is 27.7 Å². The summed E-state index contributed by atoms with van der Waals surface area (Å²) in [6.07, 6.45) is 3.31. The number of hydrogen-bond acceptors (Lipinski definition) is 2. The van der Waals surface area contributed by atoms with E-state index in [1.807, 2.05) is 0 Å². The van der Waals surface area contributed by atoms with E-state index in [1.54, 1.807) is 0 Å². The molecule has 38 heavy (non-hydrogen) atoms. The molecule has 0 aliphatic rings. The van der Waals surface area contributed by atoms with Gasteiger partial charge in [-0.3, -0.25) is 0 Å². The summed E-state index contributed by atoms with van der Waals surface area (Å²) in [5.41, 5.74) is 14.7. The number of aldehydes is 1. The highest BCUT2D eigenvalue weighted by Crippen LogP contribution is 2.42. The summed E-state index contributed by atoms with van der Waals surface area (Å²) < 4.78 is 0. The van der Waals surface area contributed by atoms with E-state index in [-0.39, 0.29) is 0 Å². The minimum Gasteiger partial charge on any atom is -0.309 e. The van der Waals surface area contributed by atoms with Crippen molar-refractivity contribution in [3.05, 3.63) is 118 Å². The summed E-state index contributed by atoms with van der Waals surface area (Å²) in [6.45, 7) is 13.1. The number of hydrogen-bond donors (Lipinski definition) is 0. The van der Waals surface area contributed by atoms with E-state index in [0.717, 1.165) is 24.8 Å². The van der Waals surface area contributed by atoms with Gasteiger partial charge in [0.05, 0.1) is 11.4 Å². The van der Waals surface area contributed by atoms with Crippen LogP contribution in [-0.4, -0.2) is 6.29 Å². The Kier molecular flexibility index (Phi) is 8.63. The molecular formula is C36H39NO. The highest BCUT2D eigenvalue weighted by molar-refractivity contribution is 5.87. The molecule has 0 saturated heterocycles. The number of aryl methyl sites for hydroxylation is 4. The molecule has 2 heteroatoms. The standard InChI is InChI=1S/C36H39NO/c1-7-29(23-24-38)32(8-2)34-18-10-9-17-33(34)30-19-21-31(22-20-30)37(35-25(3)13-11-14-26(35)4)36-27(5)15-12-16-28(36)6/h9-22,24H,7-8,23H2,1-6H3/b32-29+. The quantitative estimate of drug-likeness (QED) is 0.213. The van der Waals surface area contributed by atoms with Crippen LogP contribution < -0.4 is 4.90 Å². The lowest BCUT2D eigenvalue weighted by atomic mass is 9.88. The zero-order valence-electron chi connectivity index (χ0n) is 23.6. The number of allylic oxidation sites excluding steroid dienone is 2. The second kappa shape index (κ2) is 12.1. The minimum absolute atomic E-state index is 0.494. The largest absolute Gasteiger partial charge is 0.309 e. The van der Waals surface area contributed by atoms with Crippen LogP contribution in [0.15, 0.2) is 90.5 Å². The summed E-state index contributed by atoms with van der Waals surface area (Å²) in [7, 11) is 0. The Balaban J connectivity index is 1.87. The Morgan fingerprint density at radius 3 is 1.66 bits per heavy atom. The van der Waals surface area contributed by atoms with Crippen LogP contribution in [0.5, 0.6) is 0 Å². The van der Waals surface area contributed by atoms with Crippen LogP contribution in [0.1, 0.15) is 60.9 Å². The monoisotopic (exact) mass is 501 g/mol. The highest BCUT2D eigenvalue weighted by Gasteiger charge is 2.20. The first-order valence-electron chi connectivity index (χ1n) is 13.7. The van der Waals surface area contributed by atoms with Gasteiger partial charge in [-0.25, -0.2) is 0 Å². The number of anilines is 3. The summed E-state index contributed by atoms with van der Waals surface area (Å²) in [6, 6.07) is 30.6. The molecule has 0 bridgehead atoms. The van der Waals surface area contributed by atoms with E-state index in [9.17, 15) is 4.79 Å². The molecule has 0 spiro atoms. The maximum absolute atomic E-state index is 11.4. The Bertz CT molecular complexity index is 1370. The number of carbonyl (C=O) groups is 1. The van der Waals surface area contributed by atoms with Crippen molar-refractivity contribution in [2.45, 2.75) is 60.8 Å². The normalized spacial score (nSPS) is 11.7.